The van der Waals surface area contributed by atoms with Crippen molar-refractivity contribution in [3.8, 4) is 5.75 Å². The highest BCUT2D eigenvalue weighted by molar-refractivity contribution is 6.33. The number of pyridine rings is 1. The number of aryl methyl sites for hydroxylation is 1. The number of halogens is 2. The summed E-state index contributed by atoms with van der Waals surface area (Å²) in [4.78, 5) is 16.4. The molecule has 2 aromatic heterocycles. The van der Waals surface area contributed by atoms with Gasteiger partial charge in [-0.25, -0.2) is 10.4 Å². The molecule has 0 aliphatic carbocycles. The van der Waals surface area contributed by atoms with Gasteiger partial charge in [-0.2, -0.15) is 10.2 Å². The van der Waals surface area contributed by atoms with Gasteiger partial charge in [0, 0.05) is 24.1 Å². The Labute approximate surface area is 153 Å². The van der Waals surface area contributed by atoms with Crippen LogP contribution >= 0.6 is 23.2 Å². The number of benzene rings is 1. The monoisotopic (exact) mass is 377 g/mol. The summed E-state index contributed by atoms with van der Waals surface area (Å²) in [5, 5.41) is 9.18. The van der Waals surface area contributed by atoms with E-state index in [1.54, 1.807) is 20.2 Å². The molecule has 1 aromatic carbocycles. The molecule has 2 heterocycles. The lowest BCUT2D eigenvalue weighted by molar-refractivity contribution is 0.0946. The third-order valence-corrected chi connectivity index (χ3v) is 4.06. The van der Waals surface area contributed by atoms with Gasteiger partial charge >= 0.3 is 0 Å². The molecule has 1 N–H and O–H groups in total. The first-order chi connectivity index (χ1) is 12.0. The Morgan fingerprint density at radius 3 is 2.84 bits per heavy atom. The molecule has 0 aliphatic heterocycles. The Balaban J connectivity index is 1.81. The largest absolute Gasteiger partial charge is 0.497 e. The van der Waals surface area contributed by atoms with E-state index in [9.17, 15) is 4.79 Å². The van der Waals surface area contributed by atoms with Crippen LogP contribution in [0.5, 0.6) is 5.75 Å². The van der Waals surface area contributed by atoms with E-state index in [-0.39, 0.29) is 15.9 Å². The van der Waals surface area contributed by atoms with E-state index in [2.05, 4.69) is 20.6 Å². The van der Waals surface area contributed by atoms with Crippen LogP contribution in [0.1, 0.15) is 16.1 Å². The maximum absolute atomic E-state index is 12.1. The van der Waals surface area contributed by atoms with E-state index in [0.29, 0.717) is 16.8 Å². The van der Waals surface area contributed by atoms with Gasteiger partial charge in [0.1, 0.15) is 16.6 Å². The molecule has 0 atom stereocenters. The minimum absolute atomic E-state index is 0.216. The Hall–Kier alpha value is -2.64. The van der Waals surface area contributed by atoms with E-state index in [1.165, 1.54) is 17.1 Å². The zero-order chi connectivity index (χ0) is 18.0. The number of amides is 1. The van der Waals surface area contributed by atoms with Gasteiger partial charge in [0.25, 0.3) is 5.91 Å². The molecule has 3 aromatic rings. The van der Waals surface area contributed by atoms with Crippen LogP contribution < -0.4 is 10.2 Å². The molecule has 0 saturated carbocycles. The molecule has 0 radical (unpaired) electrons. The second kappa shape index (κ2) is 7.08. The molecule has 0 bridgehead atoms. The molecule has 7 nitrogen and oxygen atoms in total. The summed E-state index contributed by atoms with van der Waals surface area (Å²) < 4.78 is 6.53. The maximum Gasteiger partial charge on any atom is 0.291 e. The van der Waals surface area contributed by atoms with Crippen LogP contribution in [0, 0.1) is 0 Å². The Kier molecular flexibility index (Phi) is 4.87. The van der Waals surface area contributed by atoms with E-state index in [1.807, 2.05) is 18.2 Å². The highest BCUT2D eigenvalue weighted by Crippen LogP contribution is 2.23. The lowest BCUT2D eigenvalue weighted by Crippen LogP contribution is -2.21. The van der Waals surface area contributed by atoms with Gasteiger partial charge in [-0.3, -0.25) is 9.48 Å². The average molecular weight is 378 g/mol. The topological polar surface area (TPSA) is 81.4 Å². The first-order valence-corrected chi connectivity index (χ1v) is 7.90. The first-order valence-electron chi connectivity index (χ1n) is 7.15. The fourth-order valence-electron chi connectivity index (χ4n) is 2.24. The first kappa shape index (κ1) is 17.2. The van der Waals surface area contributed by atoms with Gasteiger partial charge in [-0.05, 0) is 18.2 Å². The zero-order valence-corrected chi connectivity index (χ0v) is 14.8. The van der Waals surface area contributed by atoms with Crippen molar-refractivity contribution in [2.24, 2.45) is 12.1 Å². The summed E-state index contributed by atoms with van der Waals surface area (Å²) in [6, 6.07) is 7.29. The summed E-state index contributed by atoms with van der Waals surface area (Å²) in [5.41, 5.74) is 3.87. The SMILES string of the molecule is COc1ccc2cc(/C=N/NC(=O)c3c(Cl)cnn3C)c(Cl)nc2c1. The third-order valence-electron chi connectivity index (χ3n) is 3.48. The summed E-state index contributed by atoms with van der Waals surface area (Å²) >= 11 is 12.1. The van der Waals surface area contributed by atoms with Gasteiger partial charge in [0.2, 0.25) is 0 Å². The van der Waals surface area contributed by atoms with Gasteiger partial charge in [-0.15, -0.1) is 0 Å². The highest BCUT2D eigenvalue weighted by atomic mass is 35.5. The van der Waals surface area contributed by atoms with Crippen molar-refractivity contribution in [1.29, 1.82) is 0 Å². The highest BCUT2D eigenvalue weighted by Gasteiger charge is 2.14. The van der Waals surface area contributed by atoms with E-state index in [0.717, 1.165) is 5.39 Å². The van der Waals surface area contributed by atoms with Crippen LogP contribution in [0.3, 0.4) is 0 Å². The fourth-order valence-corrected chi connectivity index (χ4v) is 2.68. The van der Waals surface area contributed by atoms with Crippen LogP contribution in [-0.4, -0.2) is 34.0 Å². The molecule has 0 spiro atoms. The molecule has 0 unspecified atom stereocenters. The van der Waals surface area contributed by atoms with Crippen molar-refractivity contribution in [3.63, 3.8) is 0 Å². The van der Waals surface area contributed by atoms with Gasteiger partial charge < -0.3 is 4.74 Å². The number of carbonyl (C=O) groups excluding carboxylic acids is 1. The summed E-state index contributed by atoms with van der Waals surface area (Å²) in [7, 11) is 3.20. The van der Waals surface area contributed by atoms with Gasteiger partial charge in [0.15, 0.2) is 0 Å². The van der Waals surface area contributed by atoms with Crippen LogP contribution in [0.4, 0.5) is 0 Å². The molecule has 25 heavy (non-hydrogen) atoms. The average Bonchev–Trinajstić information content (AvgIpc) is 2.93. The Morgan fingerprint density at radius 1 is 1.36 bits per heavy atom. The molecular weight excluding hydrogens is 365 g/mol. The number of fused-ring (bicyclic) bond motifs is 1. The van der Waals surface area contributed by atoms with E-state index in [4.69, 9.17) is 27.9 Å². The lowest BCUT2D eigenvalue weighted by atomic mass is 10.1. The number of nitrogens with zero attached hydrogens (tertiary/aromatic N) is 4. The molecule has 9 heteroatoms. The number of aromatic nitrogens is 3. The number of methoxy groups -OCH3 is 1. The zero-order valence-electron chi connectivity index (χ0n) is 13.3. The number of rotatable bonds is 4. The lowest BCUT2D eigenvalue weighted by Gasteiger charge is -2.05. The molecule has 0 fully saturated rings. The smallest absolute Gasteiger partial charge is 0.291 e. The van der Waals surface area contributed by atoms with Crippen LogP contribution in [0.15, 0.2) is 35.6 Å². The third kappa shape index (κ3) is 3.57. The minimum Gasteiger partial charge on any atom is -0.497 e. The van der Waals surface area contributed by atoms with Crippen LogP contribution in [0.25, 0.3) is 10.9 Å². The van der Waals surface area contributed by atoms with Crippen molar-refractivity contribution in [1.82, 2.24) is 20.2 Å². The molecule has 0 aliphatic rings. The molecule has 1 amide bonds. The standard InChI is InChI=1S/C16H13Cl2N5O2/c1-23-14(12(17)8-20-23)16(24)22-19-7-10-5-9-3-4-11(25-2)6-13(9)21-15(10)18/h3-8H,1-2H3,(H,22,24)/b19-7+. The number of nitrogens with one attached hydrogen (secondary N) is 1. The minimum atomic E-state index is -0.476. The van der Waals surface area contributed by atoms with Crippen molar-refractivity contribution < 1.29 is 9.53 Å². The van der Waals surface area contributed by atoms with Crippen LogP contribution in [-0.2, 0) is 7.05 Å². The van der Waals surface area contributed by atoms with Gasteiger partial charge in [-0.1, -0.05) is 23.2 Å². The van der Waals surface area contributed by atoms with Crippen molar-refractivity contribution in [2.45, 2.75) is 0 Å². The normalized spacial score (nSPS) is 11.2. The number of hydrogen-bond donors (Lipinski definition) is 1. The predicted molar refractivity (Wildman–Crippen MR) is 96.6 cm³/mol. The molecule has 0 saturated heterocycles. The van der Waals surface area contributed by atoms with Crippen molar-refractivity contribution >= 4 is 46.2 Å². The Bertz CT molecular complexity index is 965. The van der Waals surface area contributed by atoms with E-state index < -0.39 is 5.91 Å². The molecule has 3 rings (SSSR count). The van der Waals surface area contributed by atoms with Crippen LogP contribution in [0.2, 0.25) is 10.2 Å². The second-order valence-corrected chi connectivity index (χ2v) is 5.86. The van der Waals surface area contributed by atoms with Crippen molar-refractivity contribution in [3.05, 3.63) is 51.9 Å². The number of ether oxygens (including phenoxy) is 1. The molecular formula is C16H13Cl2N5O2. The van der Waals surface area contributed by atoms with Gasteiger partial charge in [0.05, 0.1) is 30.1 Å². The van der Waals surface area contributed by atoms with Crippen molar-refractivity contribution in [2.75, 3.05) is 7.11 Å². The quantitative estimate of drug-likeness (QED) is 0.430. The number of hydrogen-bond acceptors (Lipinski definition) is 5. The second-order valence-electron chi connectivity index (χ2n) is 5.09. The Morgan fingerprint density at radius 2 is 2.16 bits per heavy atom. The number of hydrazone groups is 1. The summed E-state index contributed by atoms with van der Waals surface area (Å²) in [5.74, 6) is 0.216. The molecule has 128 valence electrons. The van der Waals surface area contributed by atoms with E-state index >= 15 is 0 Å². The summed E-state index contributed by atoms with van der Waals surface area (Å²) in [6.07, 6.45) is 2.81. The predicted octanol–water partition coefficient (Wildman–Crippen LogP) is 3.05. The number of carbonyl (C=O) groups is 1. The summed E-state index contributed by atoms with van der Waals surface area (Å²) in [6.45, 7) is 0. The maximum atomic E-state index is 12.1. The fraction of sp³-hybridized carbons (Fsp3) is 0.125.